The van der Waals surface area contributed by atoms with Gasteiger partial charge in [-0.3, -0.25) is 0 Å². The van der Waals surface area contributed by atoms with Crippen molar-refractivity contribution in [3.63, 3.8) is 0 Å². The second-order valence-electron chi connectivity index (χ2n) is 3.58. The predicted molar refractivity (Wildman–Crippen MR) is 57.4 cm³/mol. The van der Waals surface area contributed by atoms with Crippen LogP contribution in [-0.4, -0.2) is 55.7 Å². The average Bonchev–Trinajstić information content (AvgIpc) is 2.16. The van der Waals surface area contributed by atoms with E-state index in [1.54, 1.807) is 12.0 Å². The Morgan fingerprint density at radius 3 is 2.36 bits per heavy atom. The molecular formula is C10H22N2O2. The zero-order chi connectivity index (χ0) is 11.1. The Kier molecular flexibility index (Phi) is 6.28. The molecule has 0 unspecified atom stereocenters. The van der Waals surface area contributed by atoms with Crippen molar-refractivity contribution < 1.29 is 9.53 Å². The first-order chi connectivity index (χ1) is 6.54. The van der Waals surface area contributed by atoms with E-state index in [1.165, 1.54) is 0 Å². The lowest BCUT2D eigenvalue weighted by atomic mass is 10.3. The van der Waals surface area contributed by atoms with Crippen molar-refractivity contribution in [3.8, 4) is 0 Å². The quantitative estimate of drug-likeness (QED) is 0.675. The van der Waals surface area contributed by atoms with E-state index in [0.717, 1.165) is 6.54 Å². The molecule has 0 spiro atoms. The summed E-state index contributed by atoms with van der Waals surface area (Å²) in [5, 5.41) is 0. The molecule has 0 aromatic heterocycles. The molecule has 0 heterocycles. The monoisotopic (exact) mass is 202 g/mol. The van der Waals surface area contributed by atoms with Crippen LogP contribution in [0.3, 0.4) is 0 Å². The van der Waals surface area contributed by atoms with E-state index in [2.05, 4.69) is 0 Å². The van der Waals surface area contributed by atoms with Gasteiger partial charge in [-0.1, -0.05) is 0 Å². The van der Waals surface area contributed by atoms with Crippen LogP contribution < -0.4 is 0 Å². The highest BCUT2D eigenvalue weighted by Gasteiger charge is 2.18. The summed E-state index contributed by atoms with van der Waals surface area (Å²) in [4.78, 5) is 15.3. The molecule has 0 saturated heterocycles. The zero-order valence-corrected chi connectivity index (χ0v) is 9.91. The topological polar surface area (TPSA) is 32.8 Å². The number of hydrogen-bond acceptors (Lipinski definition) is 2. The first-order valence-corrected chi connectivity index (χ1v) is 5.05. The van der Waals surface area contributed by atoms with Crippen LogP contribution in [0.5, 0.6) is 0 Å². The predicted octanol–water partition coefficient (Wildman–Crippen LogP) is 1.41. The minimum Gasteiger partial charge on any atom is -0.383 e. The van der Waals surface area contributed by atoms with Crippen molar-refractivity contribution in [2.75, 3.05) is 33.9 Å². The van der Waals surface area contributed by atoms with Crippen LogP contribution in [-0.2, 0) is 4.74 Å². The van der Waals surface area contributed by atoms with Crippen molar-refractivity contribution in [2.45, 2.75) is 26.8 Å². The van der Waals surface area contributed by atoms with E-state index in [4.69, 9.17) is 4.74 Å². The van der Waals surface area contributed by atoms with Crippen LogP contribution in [0.4, 0.5) is 4.79 Å². The average molecular weight is 202 g/mol. The second-order valence-corrected chi connectivity index (χ2v) is 3.58. The van der Waals surface area contributed by atoms with Crippen LogP contribution in [0.25, 0.3) is 0 Å². The number of methoxy groups -OCH3 is 1. The normalized spacial score (nSPS) is 10.4. The van der Waals surface area contributed by atoms with Crippen LogP contribution in [0, 0.1) is 0 Å². The molecule has 4 heteroatoms. The Morgan fingerprint density at radius 1 is 1.43 bits per heavy atom. The highest BCUT2D eigenvalue weighted by molar-refractivity contribution is 5.74. The summed E-state index contributed by atoms with van der Waals surface area (Å²) in [6.07, 6.45) is 0. The molecule has 0 aromatic carbocycles. The van der Waals surface area contributed by atoms with Crippen molar-refractivity contribution in [1.82, 2.24) is 9.80 Å². The Labute approximate surface area is 86.8 Å². The van der Waals surface area contributed by atoms with E-state index >= 15 is 0 Å². The Balaban J connectivity index is 4.25. The van der Waals surface area contributed by atoms with Crippen LogP contribution in [0.15, 0.2) is 0 Å². The smallest absolute Gasteiger partial charge is 0.320 e. The molecular weight excluding hydrogens is 180 g/mol. The zero-order valence-electron chi connectivity index (χ0n) is 9.91. The SMILES string of the molecule is CCN(C)C(=O)N(CCOC)C(C)C. The Bertz CT molecular complexity index is 172. The maximum absolute atomic E-state index is 11.8. The van der Waals surface area contributed by atoms with Gasteiger partial charge in [-0.15, -0.1) is 0 Å². The van der Waals surface area contributed by atoms with Gasteiger partial charge in [0.2, 0.25) is 0 Å². The van der Waals surface area contributed by atoms with Gasteiger partial charge in [0, 0.05) is 33.3 Å². The lowest BCUT2D eigenvalue weighted by Crippen LogP contribution is -2.46. The van der Waals surface area contributed by atoms with Gasteiger partial charge in [0.05, 0.1) is 6.61 Å². The highest BCUT2D eigenvalue weighted by atomic mass is 16.5. The molecule has 14 heavy (non-hydrogen) atoms. The summed E-state index contributed by atoms with van der Waals surface area (Å²) >= 11 is 0. The molecule has 0 aliphatic carbocycles. The van der Waals surface area contributed by atoms with E-state index in [0.29, 0.717) is 13.2 Å². The third-order valence-corrected chi connectivity index (χ3v) is 2.21. The number of ether oxygens (including phenoxy) is 1. The molecule has 4 nitrogen and oxygen atoms in total. The Hall–Kier alpha value is -0.770. The molecule has 2 amide bonds. The minimum absolute atomic E-state index is 0.0690. The lowest BCUT2D eigenvalue weighted by Gasteiger charge is -2.30. The molecule has 0 saturated carbocycles. The van der Waals surface area contributed by atoms with E-state index in [9.17, 15) is 4.79 Å². The molecule has 0 rings (SSSR count). The van der Waals surface area contributed by atoms with Gasteiger partial charge in [-0.05, 0) is 20.8 Å². The van der Waals surface area contributed by atoms with E-state index in [-0.39, 0.29) is 12.1 Å². The van der Waals surface area contributed by atoms with Crippen molar-refractivity contribution >= 4 is 6.03 Å². The standard InChI is InChI=1S/C10H22N2O2/c1-6-11(4)10(13)12(9(2)3)7-8-14-5/h9H,6-8H2,1-5H3. The fraction of sp³-hybridized carbons (Fsp3) is 0.900. The van der Waals surface area contributed by atoms with Crippen LogP contribution in [0.2, 0.25) is 0 Å². The molecule has 0 N–H and O–H groups in total. The third-order valence-electron chi connectivity index (χ3n) is 2.21. The van der Waals surface area contributed by atoms with Crippen LogP contribution >= 0.6 is 0 Å². The molecule has 0 aliphatic heterocycles. The van der Waals surface area contributed by atoms with Gasteiger partial charge < -0.3 is 14.5 Å². The number of hydrogen-bond donors (Lipinski definition) is 0. The Morgan fingerprint density at radius 2 is 2.00 bits per heavy atom. The minimum atomic E-state index is 0.0690. The largest absolute Gasteiger partial charge is 0.383 e. The summed E-state index contributed by atoms with van der Waals surface area (Å²) in [6, 6.07) is 0.284. The van der Waals surface area contributed by atoms with Crippen molar-refractivity contribution in [1.29, 1.82) is 0 Å². The molecule has 0 fully saturated rings. The molecule has 84 valence electrons. The molecule has 0 radical (unpaired) electrons. The summed E-state index contributed by atoms with van der Waals surface area (Å²) < 4.78 is 4.97. The second kappa shape index (κ2) is 6.65. The van der Waals surface area contributed by atoms with E-state index in [1.807, 2.05) is 32.7 Å². The van der Waals surface area contributed by atoms with E-state index < -0.39 is 0 Å². The summed E-state index contributed by atoms with van der Waals surface area (Å²) in [5.41, 5.74) is 0. The fourth-order valence-electron chi connectivity index (χ4n) is 1.12. The summed E-state index contributed by atoms with van der Waals surface area (Å²) in [5.74, 6) is 0. The van der Waals surface area contributed by atoms with Gasteiger partial charge in [0.1, 0.15) is 0 Å². The number of carbonyl (C=O) groups excluding carboxylic acids is 1. The van der Waals surface area contributed by atoms with Crippen molar-refractivity contribution in [2.24, 2.45) is 0 Å². The third kappa shape index (κ3) is 3.96. The van der Waals surface area contributed by atoms with Crippen LogP contribution in [0.1, 0.15) is 20.8 Å². The van der Waals surface area contributed by atoms with Crippen molar-refractivity contribution in [3.05, 3.63) is 0 Å². The van der Waals surface area contributed by atoms with Gasteiger partial charge >= 0.3 is 6.03 Å². The first kappa shape index (κ1) is 13.2. The number of rotatable bonds is 5. The van der Waals surface area contributed by atoms with Gasteiger partial charge in [-0.25, -0.2) is 4.79 Å². The summed E-state index contributed by atoms with van der Waals surface area (Å²) in [7, 11) is 3.46. The molecule has 0 bridgehead atoms. The maximum atomic E-state index is 11.8. The van der Waals surface area contributed by atoms with Gasteiger partial charge in [0.25, 0.3) is 0 Å². The first-order valence-electron chi connectivity index (χ1n) is 5.05. The molecule has 0 aliphatic rings. The highest BCUT2D eigenvalue weighted by Crippen LogP contribution is 2.02. The molecule has 0 aromatic rings. The lowest BCUT2D eigenvalue weighted by molar-refractivity contribution is 0.118. The molecule has 0 atom stereocenters. The van der Waals surface area contributed by atoms with Gasteiger partial charge in [-0.2, -0.15) is 0 Å². The number of amides is 2. The number of urea groups is 1. The van der Waals surface area contributed by atoms with Gasteiger partial charge in [0.15, 0.2) is 0 Å². The number of nitrogens with zero attached hydrogens (tertiary/aromatic N) is 2. The maximum Gasteiger partial charge on any atom is 0.320 e. The number of carbonyl (C=O) groups is 1. The summed E-state index contributed by atoms with van der Waals surface area (Å²) in [6.45, 7) is 7.95. The fourth-order valence-corrected chi connectivity index (χ4v) is 1.12.